The summed E-state index contributed by atoms with van der Waals surface area (Å²) >= 11 is 1.55. The minimum atomic E-state index is 0.252. The van der Waals surface area contributed by atoms with E-state index in [-0.39, 0.29) is 5.91 Å². The maximum absolute atomic E-state index is 12.7. The van der Waals surface area contributed by atoms with Crippen molar-refractivity contribution in [3.05, 3.63) is 52.3 Å². The first-order valence-corrected chi connectivity index (χ1v) is 11.2. The Labute approximate surface area is 172 Å². The molecule has 1 N–H and O–H groups in total. The molecule has 0 aliphatic carbocycles. The van der Waals surface area contributed by atoms with E-state index in [1.807, 2.05) is 25.0 Å². The maximum atomic E-state index is 12.7. The summed E-state index contributed by atoms with van der Waals surface area (Å²) in [5.74, 6) is 0.252. The van der Waals surface area contributed by atoms with Crippen LogP contribution in [-0.4, -0.2) is 53.2 Å². The SMILES string of the molecule is CSc1nc(C)c(CCC(=O)N2CC[NH+](Cc3cccc(C)c3)CC2)c(C)n1. The van der Waals surface area contributed by atoms with Crippen molar-refractivity contribution in [2.75, 3.05) is 32.4 Å². The molecule has 0 spiro atoms. The van der Waals surface area contributed by atoms with E-state index in [0.717, 1.165) is 61.3 Å². The van der Waals surface area contributed by atoms with Crippen molar-refractivity contribution in [3.63, 3.8) is 0 Å². The summed E-state index contributed by atoms with van der Waals surface area (Å²) < 4.78 is 0. The Balaban J connectivity index is 1.49. The Bertz CT molecular complexity index is 808. The first-order valence-electron chi connectivity index (χ1n) is 10.0. The highest BCUT2D eigenvalue weighted by molar-refractivity contribution is 7.98. The van der Waals surface area contributed by atoms with Gasteiger partial charge < -0.3 is 9.80 Å². The van der Waals surface area contributed by atoms with Crippen LogP contribution in [0.1, 0.15) is 34.5 Å². The van der Waals surface area contributed by atoms with Crippen LogP contribution in [0.3, 0.4) is 0 Å². The van der Waals surface area contributed by atoms with Crippen molar-refractivity contribution in [2.45, 2.75) is 45.3 Å². The zero-order chi connectivity index (χ0) is 20.1. The molecule has 0 radical (unpaired) electrons. The maximum Gasteiger partial charge on any atom is 0.223 e. The molecule has 2 heterocycles. The van der Waals surface area contributed by atoms with Gasteiger partial charge in [-0.15, -0.1) is 0 Å². The Morgan fingerprint density at radius 1 is 1.14 bits per heavy atom. The number of aryl methyl sites for hydroxylation is 3. The summed E-state index contributed by atoms with van der Waals surface area (Å²) in [7, 11) is 0. The Morgan fingerprint density at radius 2 is 1.82 bits per heavy atom. The molecule has 0 atom stereocenters. The van der Waals surface area contributed by atoms with E-state index in [1.54, 1.807) is 16.7 Å². The van der Waals surface area contributed by atoms with Gasteiger partial charge in [-0.3, -0.25) is 4.79 Å². The van der Waals surface area contributed by atoms with E-state index in [2.05, 4.69) is 41.2 Å². The zero-order valence-electron chi connectivity index (χ0n) is 17.4. The van der Waals surface area contributed by atoms with Gasteiger partial charge in [-0.25, -0.2) is 9.97 Å². The van der Waals surface area contributed by atoms with E-state index >= 15 is 0 Å². The molecule has 1 saturated heterocycles. The molecule has 1 amide bonds. The molecule has 5 nitrogen and oxygen atoms in total. The molecule has 1 fully saturated rings. The van der Waals surface area contributed by atoms with Crippen molar-refractivity contribution in [2.24, 2.45) is 0 Å². The fraction of sp³-hybridized carbons (Fsp3) is 0.500. The topological polar surface area (TPSA) is 50.5 Å². The molecule has 2 aromatic rings. The van der Waals surface area contributed by atoms with Gasteiger partial charge in [0, 0.05) is 23.4 Å². The molecule has 1 aromatic heterocycles. The van der Waals surface area contributed by atoms with Crippen LogP contribution in [0.25, 0.3) is 0 Å². The third-order valence-corrected chi connectivity index (χ3v) is 6.08. The van der Waals surface area contributed by atoms with Gasteiger partial charge in [0.2, 0.25) is 5.91 Å². The minimum Gasteiger partial charge on any atom is -0.331 e. The van der Waals surface area contributed by atoms with Gasteiger partial charge in [0.1, 0.15) is 6.54 Å². The summed E-state index contributed by atoms with van der Waals surface area (Å²) in [6.07, 6.45) is 3.25. The molecule has 0 saturated carbocycles. The lowest BCUT2D eigenvalue weighted by atomic mass is 10.1. The van der Waals surface area contributed by atoms with Gasteiger partial charge in [-0.2, -0.15) is 0 Å². The lowest BCUT2D eigenvalue weighted by Crippen LogP contribution is -3.13. The lowest BCUT2D eigenvalue weighted by molar-refractivity contribution is -0.917. The van der Waals surface area contributed by atoms with Gasteiger partial charge in [0.05, 0.1) is 26.2 Å². The number of aromatic nitrogens is 2. The van der Waals surface area contributed by atoms with Crippen LogP contribution in [-0.2, 0) is 17.8 Å². The van der Waals surface area contributed by atoms with Crippen LogP contribution < -0.4 is 4.90 Å². The van der Waals surface area contributed by atoms with Crippen molar-refractivity contribution in [3.8, 4) is 0 Å². The van der Waals surface area contributed by atoms with E-state index in [0.29, 0.717) is 6.42 Å². The highest BCUT2D eigenvalue weighted by Crippen LogP contribution is 2.17. The number of amides is 1. The molecular formula is C22H31N4OS+. The number of nitrogens with zero attached hydrogens (tertiary/aromatic N) is 3. The number of piperazine rings is 1. The molecule has 1 aliphatic rings. The normalized spacial score (nSPS) is 15.1. The molecule has 3 rings (SSSR count). The van der Waals surface area contributed by atoms with Gasteiger partial charge in [0.15, 0.2) is 5.16 Å². The molecule has 0 bridgehead atoms. The Hall–Kier alpha value is -1.92. The second-order valence-corrected chi connectivity index (χ2v) is 8.43. The Morgan fingerprint density at radius 3 is 2.43 bits per heavy atom. The number of hydrogen-bond acceptors (Lipinski definition) is 4. The second kappa shape index (κ2) is 9.52. The number of carbonyl (C=O) groups is 1. The van der Waals surface area contributed by atoms with Crippen LogP contribution in [0.5, 0.6) is 0 Å². The number of nitrogens with one attached hydrogen (secondary N) is 1. The van der Waals surface area contributed by atoms with Crippen molar-refractivity contribution >= 4 is 17.7 Å². The third kappa shape index (κ3) is 5.32. The van der Waals surface area contributed by atoms with Gasteiger partial charge in [-0.05, 0) is 39.0 Å². The predicted octanol–water partition coefficient (Wildman–Crippen LogP) is 1.98. The van der Waals surface area contributed by atoms with Crippen molar-refractivity contribution in [1.82, 2.24) is 14.9 Å². The summed E-state index contributed by atoms with van der Waals surface area (Å²) in [5.41, 5.74) is 5.81. The molecule has 1 aliphatic heterocycles. The fourth-order valence-electron chi connectivity index (χ4n) is 3.91. The Kier molecular flexibility index (Phi) is 7.08. The fourth-order valence-corrected chi connectivity index (χ4v) is 4.37. The second-order valence-electron chi connectivity index (χ2n) is 7.66. The standard InChI is InChI=1S/C22H30N4OS/c1-16-6-5-7-19(14-16)15-25-10-12-26(13-11-25)21(27)9-8-20-17(2)23-22(28-4)24-18(20)3/h5-7,14H,8-13,15H2,1-4H3/p+1. The van der Waals surface area contributed by atoms with Crippen LogP contribution in [0.4, 0.5) is 0 Å². The van der Waals surface area contributed by atoms with Gasteiger partial charge in [-0.1, -0.05) is 41.6 Å². The molecule has 0 unspecified atom stereocenters. The van der Waals surface area contributed by atoms with Crippen molar-refractivity contribution < 1.29 is 9.69 Å². The molecule has 6 heteroatoms. The zero-order valence-corrected chi connectivity index (χ0v) is 18.2. The number of carbonyl (C=O) groups excluding carboxylic acids is 1. The van der Waals surface area contributed by atoms with Gasteiger partial charge in [0.25, 0.3) is 0 Å². The average molecular weight is 400 g/mol. The third-order valence-electron chi connectivity index (χ3n) is 5.53. The van der Waals surface area contributed by atoms with Crippen LogP contribution in [0, 0.1) is 20.8 Å². The number of rotatable bonds is 6. The summed E-state index contributed by atoms with van der Waals surface area (Å²) in [5, 5.41) is 0.804. The van der Waals surface area contributed by atoms with E-state index in [1.165, 1.54) is 11.1 Å². The number of hydrogen-bond donors (Lipinski definition) is 1. The molecule has 1 aromatic carbocycles. The van der Waals surface area contributed by atoms with E-state index in [9.17, 15) is 4.79 Å². The predicted molar refractivity (Wildman–Crippen MR) is 114 cm³/mol. The number of quaternary nitrogens is 1. The summed E-state index contributed by atoms with van der Waals surface area (Å²) in [6, 6.07) is 8.73. The number of benzene rings is 1. The molecule has 28 heavy (non-hydrogen) atoms. The van der Waals surface area contributed by atoms with Crippen LogP contribution >= 0.6 is 11.8 Å². The molecular weight excluding hydrogens is 368 g/mol. The van der Waals surface area contributed by atoms with Gasteiger partial charge >= 0.3 is 0 Å². The summed E-state index contributed by atoms with van der Waals surface area (Å²) in [6.45, 7) is 10.9. The van der Waals surface area contributed by atoms with Crippen LogP contribution in [0.2, 0.25) is 0 Å². The highest BCUT2D eigenvalue weighted by atomic mass is 32.2. The minimum absolute atomic E-state index is 0.252. The lowest BCUT2D eigenvalue weighted by Gasteiger charge is -2.32. The first-order chi connectivity index (χ1) is 13.5. The van der Waals surface area contributed by atoms with Crippen LogP contribution in [0.15, 0.2) is 29.4 Å². The highest BCUT2D eigenvalue weighted by Gasteiger charge is 2.24. The largest absolute Gasteiger partial charge is 0.331 e. The average Bonchev–Trinajstić information content (AvgIpc) is 2.67. The van der Waals surface area contributed by atoms with Crippen molar-refractivity contribution in [1.29, 1.82) is 0 Å². The van der Waals surface area contributed by atoms with E-state index in [4.69, 9.17) is 0 Å². The number of thioether (sulfide) groups is 1. The monoisotopic (exact) mass is 399 g/mol. The van der Waals surface area contributed by atoms with E-state index < -0.39 is 0 Å². The molecule has 150 valence electrons. The quantitative estimate of drug-likeness (QED) is 0.596. The first kappa shape index (κ1) is 20.8. The summed E-state index contributed by atoms with van der Waals surface area (Å²) in [4.78, 5) is 25.3. The smallest absolute Gasteiger partial charge is 0.223 e.